The van der Waals surface area contributed by atoms with Crippen molar-refractivity contribution >= 4 is 22.2 Å². The second-order valence-corrected chi connectivity index (χ2v) is 10.3. The molecule has 1 aliphatic heterocycles. The van der Waals surface area contributed by atoms with Crippen LogP contribution in [0.2, 0.25) is 0 Å². The van der Waals surface area contributed by atoms with Crippen LogP contribution in [0.5, 0.6) is 0 Å². The van der Waals surface area contributed by atoms with Crippen molar-refractivity contribution in [1.29, 1.82) is 0 Å². The van der Waals surface area contributed by atoms with Crippen molar-refractivity contribution in [3.8, 4) is 5.69 Å². The van der Waals surface area contributed by atoms with Crippen LogP contribution >= 0.6 is 12.2 Å². The van der Waals surface area contributed by atoms with Crippen LogP contribution < -0.4 is 0 Å². The van der Waals surface area contributed by atoms with Gasteiger partial charge in [-0.25, -0.2) is 12.7 Å². The average Bonchev–Trinajstić information content (AvgIpc) is 3.36. The largest absolute Gasteiger partial charge is 0.269 e. The number of sulfonamides is 1. The third kappa shape index (κ3) is 4.26. The lowest BCUT2D eigenvalue weighted by Gasteiger charge is -2.31. The van der Waals surface area contributed by atoms with E-state index in [2.05, 4.69) is 46.5 Å². The summed E-state index contributed by atoms with van der Waals surface area (Å²) in [7, 11) is -3.22. The van der Waals surface area contributed by atoms with Gasteiger partial charge in [0.05, 0.1) is 24.2 Å². The van der Waals surface area contributed by atoms with Crippen LogP contribution in [-0.4, -0.2) is 56.1 Å². The molecule has 1 N–H and O–H groups in total. The minimum absolute atomic E-state index is 0.0199. The number of rotatable bonds is 6. The van der Waals surface area contributed by atoms with Crippen LogP contribution in [0.15, 0.2) is 36.7 Å². The molecule has 0 unspecified atom stereocenters. The zero-order valence-electron chi connectivity index (χ0n) is 17.2. The molecule has 3 aromatic rings. The third-order valence-corrected chi connectivity index (χ3v) is 7.67. The van der Waals surface area contributed by atoms with Crippen LogP contribution in [0.3, 0.4) is 0 Å². The second kappa shape index (κ2) is 8.44. The highest BCUT2D eigenvalue weighted by atomic mass is 32.2. The SMILES string of the molecule is CCS(=O)(=O)N1CCC[C@H](c2n[nH]c(=S)n2-c2cnn(Cc3ccc(C)cc3)c2)C1. The number of aryl methyl sites for hydroxylation is 1. The van der Waals surface area contributed by atoms with E-state index in [-0.39, 0.29) is 11.7 Å². The predicted octanol–water partition coefficient (Wildman–Crippen LogP) is 3.01. The summed E-state index contributed by atoms with van der Waals surface area (Å²) in [6, 6.07) is 8.36. The molecule has 1 saturated heterocycles. The first-order valence-electron chi connectivity index (χ1n) is 10.1. The Morgan fingerprint density at radius 2 is 2.03 bits per heavy atom. The van der Waals surface area contributed by atoms with Crippen LogP contribution in [0.1, 0.15) is 42.6 Å². The molecule has 0 spiro atoms. The van der Waals surface area contributed by atoms with Gasteiger partial charge in [-0.15, -0.1) is 0 Å². The molecule has 0 bridgehead atoms. The minimum atomic E-state index is -3.22. The normalized spacial score (nSPS) is 18.0. The Balaban J connectivity index is 1.59. The van der Waals surface area contributed by atoms with Gasteiger partial charge in [0.25, 0.3) is 0 Å². The van der Waals surface area contributed by atoms with Crippen LogP contribution in [0.25, 0.3) is 5.69 Å². The predicted molar refractivity (Wildman–Crippen MR) is 118 cm³/mol. The zero-order valence-corrected chi connectivity index (χ0v) is 18.8. The molecule has 1 aromatic carbocycles. The maximum absolute atomic E-state index is 12.3. The van der Waals surface area contributed by atoms with Gasteiger partial charge >= 0.3 is 0 Å². The number of piperidine rings is 1. The Morgan fingerprint density at radius 1 is 1.27 bits per heavy atom. The van der Waals surface area contributed by atoms with Crippen LogP contribution in [-0.2, 0) is 16.6 Å². The lowest BCUT2D eigenvalue weighted by molar-refractivity contribution is 0.308. The Labute approximate surface area is 181 Å². The average molecular weight is 447 g/mol. The minimum Gasteiger partial charge on any atom is -0.269 e. The number of aromatic amines is 1. The molecule has 160 valence electrons. The topological polar surface area (TPSA) is 88.8 Å². The van der Waals surface area contributed by atoms with Gasteiger partial charge in [-0.1, -0.05) is 29.8 Å². The van der Waals surface area contributed by atoms with Crippen molar-refractivity contribution in [3.05, 3.63) is 58.4 Å². The first kappa shape index (κ1) is 21.0. The Morgan fingerprint density at radius 3 is 2.77 bits per heavy atom. The van der Waals surface area contributed by atoms with E-state index in [1.165, 1.54) is 11.1 Å². The van der Waals surface area contributed by atoms with Crippen molar-refractivity contribution in [1.82, 2.24) is 28.9 Å². The first-order chi connectivity index (χ1) is 14.4. The van der Waals surface area contributed by atoms with E-state index in [9.17, 15) is 8.42 Å². The third-order valence-electron chi connectivity index (χ3n) is 5.55. The number of nitrogens with zero attached hydrogens (tertiary/aromatic N) is 5. The van der Waals surface area contributed by atoms with E-state index in [1.807, 2.05) is 15.4 Å². The van der Waals surface area contributed by atoms with E-state index < -0.39 is 10.0 Å². The first-order valence-corrected chi connectivity index (χ1v) is 12.1. The summed E-state index contributed by atoms with van der Waals surface area (Å²) in [5.74, 6) is 0.845. The fourth-order valence-electron chi connectivity index (χ4n) is 3.86. The van der Waals surface area contributed by atoms with Gasteiger partial charge < -0.3 is 0 Å². The molecule has 4 rings (SSSR count). The standard InChI is InChI=1S/C20H26N6O2S2/c1-3-30(27,28)25-10-4-5-17(13-25)19-22-23-20(29)26(19)18-11-21-24(14-18)12-16-8-6-15(2)7-9-16/h6-9,11,14,17H,3-5,10,12-13H2,1-2H3,(H,23,29)/t17-/m0/s1. The number of aromatic nitrogens is 5. The van der Waals surface area contributed by atoms with Crippen molar-refractivity contribution in [2.75, 3.05) is 18.8 Å². The smallest absolute Gasteiger partial charge is 0.213 e. The highest BCUT2D eigenvalue weighted by Gasteiger charge is 2.31. The lowest BCUT2D eigenvalue weighted by atomic mass is 9.99. The van der Waals surface area contributed by atoms with Gasteiger partial charge in [-0.3, -0.25) is 14.3 Å². The Hall–Kier alpha value is -2.30. The highest BCUT2D eigenvalue weighted by Crippen LogP contribution is 2.29. The zero-order chi connectivity index (χ0) is 21.3. The summed E-state index contributed by atoms with van der Waals surface area (Å²) < 4.78 is 30.5. The molecule has 1 atom stereocenters. The molecule has 0 radical (unpaired) electrons. The van der Waals surface area contributed by atoms with Crippen molar-refractivity contribution in [2.24, 2.45) is 0 Å². The van der Waals surface area contributed by atoms with Crippen molar-refractivity contribution < 1.29 is 8.42 Å². The van der Waals surface area contributed by atoms with E-state index in [4.69, 9.17) is 12.2 Å². The molecule has 10 heteroatoms. The maximum Gasteiger partial charge on any atom is 0.213 e. The number of hydrogen-bond donors (Lipinski definition) is 1. The maximum atomic E-state index is 12.3. The summed E-state index contributed by atoms with van der Waals surface area (Å²) in [5.41, 5.74) is 3.21. The monoisotopic (exact) mass is 446 g/mol. The van der Waals surface area contributed by atoms with E-state index in [0.717, 1.165) is 24.4 Å². The Bertz CT molecular complexity index is 1180. The van der Waals surface area contributed by atoms with Gasteiger partial charge in [0.2, 0.25) is 10.0 Å². The van der Waals surface area contributed by atoms with Gasteiger partial charge in [-0.05, 0) is 44.5 Å². The Kier molecular flexibility index (Phi) is 5.90. The number of hydrogen-bond acceptors (Lipinski definition) is 5. The quantitative estimate of drug-likeness (QED) is 0.588. The van der Waals surface area contributed by atoms with E-state index in [0.29, 0.717) is 24.4 Å². The van der Waals surface area contributed by atoms with Gasteiger partial charge in [0, 0.05) is 25.2 Å². The van der Waals surface area contributed by atoms with Gasteiger partial charge in [0.15, 0.2) is 4.77 Å². The second-order valence-electron chi connectivity index (χ2n) is 7.70. The van der Waals surface area contributed by atoms with E-state index in [1.54, 1.807) is 17.4 Å². The summed E-state index contributed by atoms with van der Waals surface area (Å²) in [6.45, 7) is 5.39. The molecular formula is C20H26N6O2S2. The molecule has 8 nitrogen and oxygen atoms in total. The van der Waals surface area contributed by atoms with Crippen molar-refractivity contribution in [2.45, 2.75) is 39.2 Å². The summed E-state index contributed by atoms with van der Waals surface area (Å²) in [4.78, 5) is 0. The molecular weight excluding hydrogens is 420 g/mol. The van der Waals surface area contributed by atoms with Crippen molar-refractivity contribution in [3.63, 3.8) is 0 Å². The van der Waals surface area contributed by atoms with E-state index >= 15 is 0 Å². The fourth-order valence-corrected chi connectivity index (χ4v) is 5.28. The molecule has 3 heterocycles. The lowest BCUT2D eigenvalue weighted by Crippen LogP contribution is -2.40. The number of H-pyrrole nitrogens is 1. The molecule has 1 aliphatic rings. The number of nitrogens with one attached hydrogen (secondary N) is 1. The molecule has 0 amide bonds. The summed E-state index contributed by atoms with van der Waals surface area (Å²) in [5, 5.41) is 11.8. The fraction of sp³-hybridized carbons (Fsp3) is 0.450. The summed E-state index contributed by atoms with van der Waals surface area (Å²) >= 11 is 5.48. The molecule has 2 aromatic heterocycles. The highest BCUT2D eigenvalue weighted by molar-refractivity contribution is 7.89. The molecule has 0 aliphatic carbocycles. The molecule has 1 fully saturated rings. The number of benzene rings is 1. The van der Waals surface area contributed by atoms with Gasteiger partial charge in [0.1, 0.15) is 5.82 Å². The molecule has 30 heavy (non-hydrogen) atoms. The van der Waals surface area contributed by atoms with Crippen LogP contribution in [0.4, 0.5) is 0 Å². The summed E-state index contributed by atoms with van der Waals surface area (Å²) in [6.07, 6.45) is 5.38. The van der Waals surface area contributed by atoms with Gasteiger partial charge in [-0.2, -0.15) is 10.2 Å². The molecule has 0 saturated carbocycles. The van der Waals surface area contributed by atoms with Crippen LogP contribution in [0, 0.1) is 11.7 Å².